The van der Waals surface area contributed by atoms with Crippen molar-refractivity contribution < 1.29 is 9.59 Å². The number of nitrogens with zero attached hydrogens (tertiary/aromatic N) is 3. The number of allylic oxidation sites excluding steroid dienone is 3. The second-order valence-electron chi connectivity index (χ2n) is 8.45. The van der Waals surface area contributed by atoms with E-state index in [2.05, 4.69) is 27.0 Å². The third-order valence-electron chi connectivity index (χ3n) is 4.81. The van der Waals surface area contributed by atoms with Gasteiger partial charge in [-0.25, -0.2) is 4.98 Å². The minimum atomic E-state index is -0.528. The van der Waals surface area contributed by atoms with Gasteiger partial charge in [-0.3, -0.25) is 19.6 Å². The fourth-order valence-electron chi connectivity index (χ4n) is 2.90. The van der Waals surface area contributed by atoms with Crippen LogP contribution in [0.25, 0.3) is 16.6 Å². The van der Waals surface area contributed by atoms with Crippen LogP contribution in [0.2, 0.25) is 0 Å². The summed E-state index contributed by atoms with van der Waals surface area (Å²) in [5.41, 5.74) is 4.00. The lowest BCUT2D eigenvalue weighted by atomic mass is 9.95. The Labute approximate surface area is 187 Å². The molecule has 1 amide bonds. The number of hydrogen-bond acceptors (Lipinski definition) is 5. The zero-order chi connectivity index (χ0) is 23.3. The van der Waals surface area contributed by atoms with Gasteiger partial charge < -0.3 is 5.32 Å². The number of nitrogens with one attached hydrogen (secondary N) is 1. The van der Waals surface area contributed by atoms with E-state index in [0.717, 1.165) is 5.57 Å². The van der Waals surface area contributed by atoms with E-state index in [1.54, 1.807) is 60.9 Å². The maximum atomic E-state index is 13.1. The topological polar surface area (TPSA) is 84.3 Å². The lowest BCUT2D eigenvalue weighted by molar-refractivity contribution is -0.123. The van der Waals surface area contributed by atoms with Crippen LogP contribution in [0.5, 0.6) is 0 Å². The zero-order valence-electron chi connectivity index (χ0n) is 18.7. The summed E-state index contributed by atoms with van der Waals surface area (Å²) in [6, 6.07) is 12.2. The Bertz CT molecular complexity index is 1250. The molecule has 6 heteroatoms. The number of anilines is 1. The third kappa shape index (κ3) is 5.40. The van der Waals surface area contributed by atoms with Crippen molar-refractivity contribution in [2.75, 3.05) is 5.32 Å². The van der Waals surface area contributed by atoms with E-state index >= 15 is 0 Å². The first-order valence-electron chi connectivity index (χ1n) is 10.2. The Kier molecular flexibility index (Phi) is 6.73. The van der Waals surface area contributed by atoms with E-state index in [9.17, 15) is 9.59 Å². The van der Waals surface area contributed by atoms with Crippen molar-refractivity contribution in [3.05, 3.63) is 83.8 Å². The van der Waals surface area contributed by atoms with E-state index < -0.39 is 5.41 Å². The van der Waals surface area contributed by atoms with Crippen LogP contribution in [0.15, 0.2) is 72.0 Å². The molecule has 1 N–H and O–H groups in total. The summed E-state index contributed by atoms with van der Waals surface area (Å²) in [4.78, 5) is 38.2. The van der Waals surface area contributed by atoms with Gasteiger partial charge in [-0.1, -0.05) is 39.0 Å². The summed E-state index contributed by atoms with van der Waals surface area (Å²) in [5.74, 6) is -0.268. The molecule has 6 nitrogen and oxygen atoms in total. The second kappa shape index (κ2) is 9.47. The van der Waals surface area contributed by atoms with Gasteiger partial charge in [0.15, 0.2) is 5.78 Å². The molecular weight excluding hydrogens is 400 g/mol. The number of aromatic nitrogens is 2. The Morgan fingerprint density at radius 1 is 1.06 bits per heavy atom. The summed E-state index contributed by atoms with van der Waals surface area (Å²) < 4.78 is 0. The average Bonchev–Trinajstić information content (AvgIpc) is 2.77. The van der Waals surface area contributed by atoms with Crippen LogP contribution >= 0.6 is 0 Å². The molecule has 0 fully saturated rings. The largest absolute Gasteiger partial charge is 0.326 e. The highest BCUT2D eigenvalue weighted by Gasteiger charge is 2.21. The van der Waals surface area contributed by atoms with Gasteiger partial charge in [0, 0.05) is 28.4 Å². The molecule has 3 rings (SSSR count). The van der Waals surface area contributed by atoms with Crippen LogP contribution in [0.3, 0.4) is 0 Å². The normalized spacial score (nSPS) is 12.2. The Morgan fingerprint density at radius 2 is 1.81 bits per heavy atom. The monoisotopic (exact) mass is 426 g/mol. The number of fused-ring (bicyclic) bond motifs is 1. The smallest absolute Gasteiger partial charge is 0.229 e. The number of rotatable bonds is 6. The van der Waals surface area contributed by atoms with Crippen molar-refractivity contribution in [2.24, 2.45) is 10.4 Å². The molecule has 32 heavy (non-hydrogen) atoms. The SMILES string of the molecule is C=N/C=C\C=C(/C)c1cnc2ccc(C(=O)c3cccc(NC(=O)C(C)(C)C)c3)cc2n1. The maximum absolute atomic E-state index is 13.1. The van der Waals surface area contributed by atoms with Crippen LogP contribution in [0.4, 0.5) is 5.69 Å². The molecule has 0 bridgehead atoms. The zero-order valence-corrected chi connectivity index (χ0v) is 18.7. The van der Waals surface area contributed by atoms with Gasteiger partial charge in [0.05, 0.1) is 22.9 Å². The lowest BCUT2D eigenvalue weighted by Gasteiger charge is -2.18. The number of aliphatic imine (C=N–C) groups is 1. The third-order valence-corrected chi connectivity index (χ3v) is 4.81. The molecule has 1 heterocycles. The minimum Gasteiger partial charge on any atom is -0.326 e. The van der Waals surface area contributed by atoms with E-state index in [1.807, 2.05) is 33.8 Å². The first-order valence-corrected chi connectivity index (χ1v) is 10.2. The molecule has 0 aliphatic heterocycles. The molecule has 0 saturated heterocycles. The Morgan fingerprint density at radius 3 is 2.53 bits per heavy atom. The number of ketones is 1. The second-order valence-corrected chi connectivity index (χ2v) is 8.45. The van der Waals surface area contributed by atoms with Crippen molar-refractivity contribution in [3.63, 3.8) is 0 Å². The predicted octanol–water partition coefficient (Wildman–Crippen LogP) is 5.46. The summed E-state index contributed by atoms with van der Waals surface area (Å²) in [7, 11) is 0. The Hall–Kier alpha value is -3.93. The molecule has 162 valence electrons. The highest BCUT2D eigenvalue weighted by atomic mass is 16.2. The van der Waals surface area contributed by atoms with Gasteiger partial charge >= 0.3 is 0 Å². The van der Waals surface area contributed by atoms with E-state index in [4.69, 9.17) is 0 Å². The fraction of sp³-hybridized carbons (Fsp3) is 0.192. The number of hydrogen-bond donors (Lipinski definition) is 1. The Balaban J connectivity index is 1.90. The van der Waals surface area contributed by atoms with Gasteiger partial charge in [-0.15, -0.1) is 0 Å². The first-order chi connectivity index (χ1) is 15.2. The van der Waals surface area contributed by atoms with E-state index in [1.165, 1.54) is 0 Å². The van der Waals surface area contributed by atoms with Gasteiger partial charge in [0.2, 0.25) is 5.91 Å². The fourth-order valence-corrected chi connectivity index (χ4v) is 2.90. The van der Waals surface area contributed by atoms with Crippen molar-refractivity contribution in [1.82, 2.24) is 9.97 Å². The number of carbonyl (C=O) groups is 2. The number of amides is 1. The number of carbonyl (C=O) groups excluding carboxylic acids is 2. The minimum absolute atomic E-state index is 0.113. The standard InChI is InChI=1S/C26H26N4O2/c1-17(8-7-13-27-5)23-16-28-21-12-11-19(15-22(21)30-23)24(31)18-9-6-10-20(14-18)29-25(32)26(2,3)4/h6-16H,5H2,1-4H3,(H,29,32)/b13-7-,17-8+. The summed E-state index contributed by atoms with van der Waals surface area (Å²) >= 11 is 0. The van der Waals surface area contributed by atoms with Gasteiger partial charge in [0.25, 0.3) is 0 Å². The van der Waals surface area contributed by atoms with Crippen molar-refractivity contribution >= 4 is 40.7 Å². The van der Waals surface area contributed by atoms with Crippen LogP contribution < -0.4 is 5.32 Å². The van der Waals surface area contributed by atoms with E-state index in [0.29, 0.717) is 33.5 Å². The number of benzene rings is 2. The highest BCUT2D eigenvalue weighted by molar-refractivity contribution is 6.11. The molecule has 0 atom stereocenters. The molecule has 3 aromatic rings. The molecule has 0 unspecified atom stereocenters. The van der Waals surface area contributed by atoms with Crippen LogP contribution in [0.1, 0.15) is 49.3 Å². The molecule has 2 aromatic carbocycles. The van der Waals surface area contributed by atoms with Crippen molar-refractivity contribution in [3.8, 4) is 0 Å². The predicted molar refractivity (Wildman–Crippen MR) is 130 cm³/mol. The molecule has 0 spiro atoms. The summed E-state index contributed by atoms with van der Waals surface area (Å²) in [6.07, 6.45) is 6.94. The van der Waals surface area contributed by atoms with Crippen LogP contribution in [-0.4, -0.2) is 28.4 Å². The molecule has 0 aliphatic rings. The maximum Gasteiger partial charge on any atom is 0.229 e. The molecule has 0 aliphatic carbocycles. The van der Waals surface area contributed by atoms with Gasteiger partial charge in [-0.05, 0) is 55.6 Å². The first kappa shape index (κ1) is 22.7. The van der Waals surface area contributed by atoms with Crippen LogP contribution in [-0.2, 0) is 4.79 Å². The van der Waals surface area contributed by atoms with Gasteiger partial charge in [-0.2, -0.15) is 0 Å². The summed E-state index contributed by atoms with van der Waals surface area (Å²) in [5, 5.41) is 2.86. The molecular formula is C26H26N4O2. The molecule has 0 radical (unpaired) electrons. The highest BCUT2D eigenvalue weighted by Crippen LogP contribution is 2.21. The average molecular weight is 427 g/mol. The van der Waals surface area contributed by atoms with Crippen molar-refractivity contribution in [2.45, 2.75) is 27.7 Å². The van der Waals surface area contributed by atoms with Crippen LogP contribution in [0, 0.1) is 5.41 Å². The summed E-state index contributed by atoms with van der Waals surface area (Å²) in [6.45, 7) is 10.8. The molecule has 1 aromatic heterocycles. The lowest BCUT2D eigenvalue weighted by Crippen LogP contribution is -2.27. The van der Waals surface area contributed by atoms with E-state index in [-0.39, 0.29) is 11.7 Å². The molecule has 0 saturated carbocycles. The van der Waals surface area contributed by atoms with Crippen molar-refractivity contribution in [1.29, 1.82) is 0 Å². The quantitative estimate of drug-likeness (QED) is 0.322. The van der Waals surface area contributed by atoms with Gasteiger partial charge in [0.1, 0.15) is 0 Å².